The quantitative estimate of drug-likeness (QED) is 0.452. The van der Waals surface area contributed by atoms with Crippen LogP contribution in [0.3, 0.4) is 0 Å². The Bertz CT molecular complexity index is 805. The van der Waals surface area contributed by atoms with Gasteiger partial charge in [-0.1, -0.05) is 24.3 Å². The van der Waals surface area contributed by atoms with Gasteiger partial charge in [0.1, 0.15) is 11.5 Å². The Morgan fingerprint density at radius 2 is 1.25 bits per heavy atom. The number of carbonyl (C=O) groups excluding carboxylic acids is 1. The standard InChI is InChI=1S/C25H28O3/c1-3-27-23-13-7-9-19(17-23)15-21-11-5-6-12-22(25(21)26)16-20-10-8-14-24(18-20)28-4-2/h7-10,13-18H,3-6,11-12H2,1-2H3/b21-15-,22-16+. The van der Waals surface area contributed by atoms with Gasteiger partial charge in [0.2, 0.25) is 0 Å². The number of Topliss-reactive ketones (excluding diaryl/α,β-unsaturated/α-hetero) is 1. The smallest absolute Gasteiger partial charge is 0.185 e. The van der Waals surface area contributed by atoms with Gasteiger partial charge < -0.3 is 9.47 Å². The topological polar surface area (TPSA) is 35.5 Å². The molecule has 0 bridgehead atoms. The number of hydrogen-bond donors (Lipinski definition) is 0. The van der Waals surface area contributed by atoms with E-state index in [0.717, 1.165) is 59.5 Å². The van der Waals surface area contributed by atoms with Gasteiger partial charge in [0, 0.05) is 11.1 Å². The van der Waals surface area contributed by atoms with Crippen molar-refractivity contribution in [3.8, 4) is 11.5 Å². The third kappa shape index (κ3) is 5.35. The van der Waals surface area contributed by atoms with Gasteiger partial charge in [-0.25, -0.2) is 0 Å². The van der Waals surface area contributed by atoms with E-state index in [0.29, 0.717) is 13.2 Å². The third-order valence-corrected chi connectivity index (χ3v) is 4.75. The maximum absolute atomic E-state index is 13.2. The van der Waals surface area contributed by atoms with E-state index in [9.17, 15) is 4.79 Å². The van der Waals surface area contributed by atoms with Crippen molar-refractivity contribution in [1.82, 2.24) is 0 Å². The van der Waals surface area contributed by atoms with Crippen LogP contribution in [0.25, 0.3) is 12.2 Å². The third-order valence-electron chi connectivity index (χ3n) is 4.75. The van der Waals surface area contributed by atoms with Crippen LogP contribution in [0.2, 0.25) is 0 Å². The lowest BCUT2D eigenvalue weighted by atomic mass is 9.98. The van der Waals surface area contributed by atoms with Gasteiger partial charge in [0.25, 0.3) is 0 Å². The number of allylic oxidation sites excluding steroid dienone is 2. The molecule has 1 fully saturated rings. The first-order valence-corrected chi connectivity index (χ1v) is 10.1. The molecule has 0 N–H and O–H groups in total. The highest BCUT2D eigenvalue weighted by atomic mass is 16.5. The molecule has 0 aromatic heterocycles. The number of ketones is 1. The summed E-state index contributed by atoms with van der Waals surface area (Å²) in [5, 5.41) is 0. The highest BCUT2D eigenvalue weighted by molar-refractivity contribution is 6.13. The molecular formula is C25H28O3. The summed E-state index contributed by atoms with van der Waals surface area (Å²) >= 11 is 0. The Morgan fingerprint density at radius 3 is 1.68 bits per heavy atom. The molecule has 1 aliphatic rings. The molecule has 0 amide bonds. The van der Waals surface area contributed by atoms with Crippen LogP contribution in [0.4, 0.5) is 0 Å². The lowest BCUT2D eigenvalue weighted by Gasteiger charge is -2.08. The van der Waals surface area contributed by atoms with Crippen molar-refractivity contribution < 1.29 is 14.3 Å². The maximum atomic E-state index is 13.2. The van der Waals surface area contributed by atoms with Gasteiger partial charge in [0.15, 0.2) is 5.78 Å². The van der Waals surface area contributed by atoms with Gasteiger partial charge in [-0.05, 0) is 87.1 Å². The summed E-state index contributed by atoms with van der Waals surface area (Å²) in [5.41, 5.74) is 3.76. The summed E-state index contributed by atoms with van der Waals surface area (Å²) in [5.74, 6) is 1.82. The fraction of sp³-hybridized carbons (Fsp3) is 0.320. The Hall–Kier alpha value is -2.81. The average Bonchev–Trinajstić information content (AvgIpc) is 2.85. The Kier molecular flexibility index (Phi) is 7.07. The summed E-state index contributed by atoms with van der Waals surface area (Å²) in [6.07, 6.45) is 7.71. The molecule has 0 unspecified atom stereocenters. The molecule has 3 nitrogen and oxygen atoms in total. The lowest BCUT2D eigenvalue weighted by Crippen LogP contribution is -2.04. The van der Waals surface area contributed by atoms with E-state index in [4.69, 9.17) is 9.47 Å². The van der Waals surface area contributed by atoms with Crippen molar-refractivity contribution >= 4 is 17.9 Å². The number of carbonyl (C=O) groups is 1. The molecule has 2 aromatic carbocycles. The number of ether oxygens (including phenoxy) is 2. The number of hydrogen-bond acceptors (Lipinski definition) is 3. The second-order valence-electron chi connectivity index (χ2n) is 6.89. The molecule has 2 aromatic rings. The van der Waals surface area contributed by atoms with Gasteiger partial charge in [-0.2, -0.15) is 0 Å². The van der Waals surface area contributed by atoms with E-state index in [2.05, 4.69) is 0 Å². The predicted octanol–water partition coefficient (Wildman–Crippen LogP) is 6.09. The Labute approximate surface area is 167 Å². The molecule has 0 radical (unpaired) electrons. The number of benzene rings is 2. The first-order chi connectivity index (χ1) is 13.7. The molecule has 146 valence electrons. The molecule has 1 saturated carbocycles. The van der Waals surface area contributed by atoms with Crippen LogP contribution in [0.15, 0.2) is 59.7 Å². The minimum absolute atomic E-state index is 0.154. The monoisotopic (exact) mass is 376 g/mol. The second-order valence-corrected chi connectivity index (χ2v) is 6.89. The summed E-state index contributed by atoms with van der Waals surface area (Å²) in [4.78, 5) is 13.2. The molecule has 0 heterocycles. The van der Waals surface area contributed by atoms with Gasteiger partial charge in [-0.3, -0.25) is 4.79 Å². The van der Waals surface area contributed by atoms with Gasteiger partial charge >= 0.3 is 0 Å². The second kappa shape index (κ2) is 9.93. The molecule has 3 rings (SSSR count). The fourth-order valence-corrected chi connectivity index (χ4v) is 3.46. The van der Waals surface area contributed by atoms with E-state index in [1.807, 2.05) is 74.5 Å². The first kappa shape index (κ1) is 19.9. The summed E-state index contributed by atoms with van der Waals surface area (Å²) in [6, 6.07) is 15.8. The molecular weight excluding hydrogens is 348 g/mol. The maximum Gasteiger partial charge on any atom is 0.185 e. The molecule has 0 atom stereocenters. The van der Waals surface area contributed by atoms with Crippen LogP contribution in [0, 0.1) is 0 Å². The van der Waals surface area contributed by atoms with Crippen molar-refractivity contribution in [3.05, 3.63) is 70.8 Å². The van der Waals surface area contributed by atoms with Crippen molar-refractivity contribution in [2.45, 2.75) is 39.5 Å². The normalized spacial score (nSPS) is 17.6. The largest absolute Gasteiger partial charge is 0.494 e. The predicted molar refractivity (Wildman–Crippen MR) is 115 cm³/mol. The van der Waals surface area contributed by atoms with E-state index in [1.165, 1.54) is 0 Å². The Morgan fingerprint density at radius 1 is 0.786 bits per heavy atom. The zero-order valence-electron chi connectivity index (χ0n) is 16.7. The van der Waals surface area contributed by atoms with E-state index in [-0.39, 0.29) is 5.78 Å². The summed E-state index contributed by atoms with van der Waals surface area (Å²) in [7, 11) is 0. The van der Waals surface area contributed by atoms with Crippen molar-refractivity contribution in [1.29, 1.82) is 0 Å². The minimum Gasteiger partial charge on any atom is -0.494 e. The summed E-state index contributed by atoms with van der Waals surface area (Å²) < 4.78 is 11.2. The van der Waals surface area contributed by atoms with Crippen LogP contribution < -0.4 is 9.47 Å². The van der Waals surface area contributed by atoms with Crippen LogP contribution in [0.1, 0.15) is 50.7 Å². The average molecular weight is 376 g/mol. The van der Waals surface area contributed by atoms with Crippen molar-refractivity contribution in [2.24, 2.45) is 0 Å². The van der Waals surface area contributed by atoms with E-state index >= 15 is 0 Å². The highest BCUT2D eigenvalue weighted by Crippen LogP contribution is 2.28. The van der Waals surface area contributed by atoms with Crippen LogP contribution in [0.5, 0.6) is 11.5 Å². The van der Waals surface area contributed by atoms with Crippen molar-refractivity contribution in [3.63, 3.8) is 0 Å². The molecule has 0 saturated heterocycles. The first-order valence-electron chi connectivity index (χ1n) is 10.1. The highest BCUT2D eigenvalue weighted by Gasteiger charge is 2.19. The molecule has 0 aliphatic heterocycles. The SMILES string of the molecule is CCOc1cccc(/C=C2/CCCC/C(=C\c3cccc(OCC)c3)C2=O)c1. The lowest BCUT2D eigenvalue weighted by molar-refractivity contribution is -0.112. The summed E-state index contributed by atoms with van der Waals surface area (Å²) in [6.45, 7) is 5.20. The van der Waals surface area contributed by atoms with Gasteiger partial charge in [-0.15, -0.1) is 0 Å². The number of rotatable bonds is 6. The van der Waals surface area contributed by atoms with Crippen LogP contribution in [-0.4, -0.2) is 19.0 Å². The molecule has 1 aliphatic carbocycles. The molecule has 28 heavy (non-hydrogen) atoms. The van der Waals surface area contributed by atoms with Crippen LogP contribution >= 0.6 is 0 Å². The Balaban J connectivity index is 1.87. The van der Waals surface area contributed by atoms with Gasteiger partial charge in [0.05, 0.1) is 13.2 Å². The van der Waals surface area contributed by atoms with Crippen LogP contribution in [-0.2, 0) is 4.79 Å². The molecule has 0 spiro atoms. The fourth-order valence-electron chi connectivity index (χ4n) is 3.46. The molecule has 3 heteroatoms. The van der Waals surface area contributed by atoms with Crippen molar-refractivity contribution in [2.75, 3.05) is 13.2 Å². The van der Waals surface area contributed by atoms with E-state index < -0.39 is 0 Å². The van der Waals surface area contributed by atoms with E-state index in [1.54, 1.807) is 0 Å². The minimum atomic E-state index is 0.154. The zero-order chi connectivity index (χ0) is 19.8. The zero-order valence-corrected chi connectivity index (χ0v) is 16.7.